The van der Waals surface area contributed by atoms with Crippen molar-refractivity contribution >= 4 is 22.5 Å². The monoisotopic (exact) mass is 318 g/mol. The zero-order valence-corrected chi connectivity index (χ0v) is 12.2. The zero-order chi connectivity index (χ0) is 16.6. The van der Waals surface area contributed by atoms with Crippen LogP contribution in [0.15, 0.2) is 54.7 Å². The van der Waals surface area contributed by atoms with Gasteiger partial charge in [-0.1, -0.05) is 6.07 Å². The molecule has 0 bridgehead atoms. The van der Waals surface area contributed by atoms with Gasteiger partial charge in [-0.05, 0) is 47.9 Å². The van der Waals surface area contributed by atoms with Gasteiger partial charge in [0.25, 0.3) is 5.91 Å². The smallest absolute Gasteiger partial charge is 0.350 e. The highest BCUT2D eigenvalue weighted by Crippen LogP contribution is 2.29. The molecule has 3 rings (SSSR count). The van der Waals surface area contributed by atoms with E-state index >= 15 is 0 Å². The SMILES string of the molecule is Cn1ccc2ccc(NC(=O)c3ccc(C(F)(F)F)cc3)cc21. The zero-order valence-electron chi connectivity index (χ0n) is 12.2. The summed E-state index contributed by atoms with van der Waals surface area (Å²) in [6.45, 7) is 0. The van der Waals surface area contributed by atoms with E-state index in [1.54, 1.807) is 6.07 Å². The molecule has 0 radical (unpaired) electrons. The molecule has 1 aromatic heterocycles. The maximum Gasteiger partial charge on any atom is 0.416 e. The number of hydrogen-bond acceptors (Lipinski definition) is 1. The molecule has 3 nitrogen and oxygen atoms in total. The van der Waals surface area contributed by atoms with Gasteiger partial charge in [0.15, 0.2) is 0 Å². The molecule has 0 saturated heterocycles. The number of aromatic nitrogens is 1. The number of carbonyl (C=O) groups is 1. The molecule has 0 aliphatic heterocycles. The standard InChI is InChI=1S/C17H13F3N2O/c1-22-9-8-11-4-7-14(10-15(11)22)21-16(23)12-2-5-13(6-3-12)17(18,19)20/h2-10H,1H3,(H,21,23). The van der Waals surface area contributed by atoms with Crippen LogP contribution in [0.1, 0.15) is 15.9 Å². The molecule has 0 aliphatic carbocycles. The Labute approximate surface area is 130 Å². The number of rotatable bonds is 2. The van der Waals surface area contributed by atoms with Crippen LogP contribution in [-0.4, -0.2) is 10.5 Å². The summed E-state index contributed by atoms with van der Waals surface area (Å²) in [4.78, 5) is 12.1. The lowest BCUT2D eigenvalue weighted by atomic mass is 10.1. The van der Waals surface area contributed by atoms with E-state index in [1.165, 1.54) is 12.1 Å². The molecule has 6 heteroatoms. The van der Waals surface area contributed by atoms with Crippen molar-refractivity contribution in [2.45, 2.75) is 6.18 Å². The van der Waals surface area contributed by atoms with Gasteiger partial charge in [0.1, 0.15) is 0 Å². The van der Waals surface area contributed by atoms with E-state index in [4.69, 9.17) is 0 Å². The minimum atomic E-state index is -4.41. The van der Waals surface area contributed by atoms with Crippen molar-refractivity contribution in [3.63, 3.8) is 0 Å². The Kier molecular flexibility index (Phi) is 3.60. The van der Waals surface area contributed by atoms with Gasteiger partial charge in [0, 0.05) is 30.0 Å². The summed E-state index contributed by atoms with van der Waals surface area (Å²) in [5.74, 6) is -0.452. The first-order valence-electron chi connectivity index (χ1n) is 6.88. The van der Waals surface area contributed by atoms with Crippen LogP contribution in [0.2, 0.25) is 0 Å². The Morgan fingerprint density at radius 1 is 1.04 bits per heavy atom. The molecule has 23 heavy (non-hydrogen) atoms. The fourth-order valence-corrected chi connectivity index (χ4v) is 2.35. The number of nitrogens with zero attached hydrogens (tertiary/aromatic N) is 1. The second-order valence-electron chi connectivity index (χ2n) is 5.23. The Morgan fingerprint density at radius 2 is 1.74 bits per heavy atom. The van der Waals surface area contributed by atoms with E-state index in [0.717, 1.165) is 23.0 Å². The summed E-state index contributed by atoms with van der Waals surface area (Å²) in [5, 5.41) is 3.73. The van der Waals surface area contributed by atoms with Gasteiger partial charge in [0.2, 0.25) is 0 Å². The average Bonchev–Trinajstić information content (AvgIpc) is 2.88. The lowest BCUT2D eigenvalue weighted by Gasteiger charge is -2.09. The molecule has 0 atom stereocenters. The normalized spacial score (nSPS) is 11.7. The van der Waals surface area contributed by atoms with E-state index < -0.39 is 17.6 Å². The Bertz CT molecular complexity index is 864. The highest BCUT2D eigenvalue weighted by molar-refractivity contribution is 6.05. The van der Waals surface area contributed by atoms with Crippen molar-refractivity contribution in [2.24, 2.45) is 7.05 Å². The second-order valence-corrected chi connectivity index (χ2v) is 5.23. The number of halogens is 3. The molecular weight excluding hydrogens is 305 g/mol. The molecule has 0 spiro atoms. The van der Waals surface area contributed by atoms with Gasteiger partial charge < -0.3 is 9.88 Å². The number of aryl methyl sites for hydroxylation is 1. The van der Waals surface area contributed by atoms with Crippen LogP contribution in [0.3, 0.4) is 0 Å². The lowest BCUT2D eigenvalue weighted by Crippen LogP contribution is -2.12. The maximum atomic E-state index is 12.5. The first kappa shape index (κ1) is 15.1. The molecule has 1 N–H and O–H groups in total. The highest BCUT2D eigenvalue weighted by Gasteiger charge is 2.30. The third-order valence-corrected chi connectivity index (χ3v) is 3.62. The number of fused-ring (bicyclic) bond motifs is 1. The Hall–Kier alpha value is -2.76. The van der Waals surface area contributed by atoms with Crippen LogP contribution in [0, 0.1) is 0 Å². The van der Waals surface area contributed by atoms with Gasteiger partial charge in [-0.2, -0.15) is 13.2 Å². The average molecular weight is 318 g/mol. The van der Waals surface area contributed by atoms with Crippen molar-refractivity contribution in [3.05, 3.63) is 65.9 Å². The summed E-state index contributed by atoms with van der Waals surface area (Å²) in [7, 11) is 1.89. The molecule has 118 valence electrons. The molecule has 1 heterocycles. The van der Waals surface area contributed by atoms with Gasteiger partial charge in [-0.25, -0.2) is 0 Å². The van der Waals surface area contributed by atoms with Gasteiger partial charge in [0.05, 0.1) is 5.56 Å². The maximum absolute atomic E-state index is 12.5. The lowest BCUT2D eigenvalue weighted by molar-refractivity contribution is -0.137. The number of hydrogen-bond donors (Lipinski definition) is 1. The topological polar surface area (TPSA) is 34.0 Å². The molecule has 1 amide bonds. The quantitative estimate of drug-likeness (QED) is 0.744. The predicted octanol–water partition coefficient (Wildman–Crippen LogP) is 4.45. The fourth-order valence-electron chi connectivity index (χ4n) is 2.35. The van der Waals surface area contributed by atoms with Crippen molar-refractivity contribution in [1.29, 1.82) is 0 Å². The first-order chi connectivity index (χ1) is 10.8. The van der Waals surface area contributed by atoms with E-state index in [-0.39, 0.29) is 5.56 Å². The first-order valence-corrected chi connectivity index (χ1v) is 6.88. The summed E-state index contributed by atoms with van der Waals surface area (Å²) in [6.07, 6.45) is -2.50. The third kappa shape index (κ3) is 3.06. The molecule has 0 unspecified atom stereocenters. The van der Waals surface area contributed by atoms with Gasteiger partial charge in [-0.15, -0.1) is 0 Å². The minimum Gasteiger partial charge on any atom is -0.350 e. The number of carbonyl (C=O) groups excluding carboxylic acids is 1. The molecule has 0 saturated carbocycles. The number of nitrogens with one attached hydrogen (secondary N) is 1. The van der Waals surface area contributed by atoms with Crippen LogP contribution in [-0.2, 0) is 13.2 Å². The summed E-state index contributed by atoms with van der Waals surface area (Å²) in [5.41, 5.74) is 0.934. The van der Waals surface area contributed by atoms with Gasteiger partial charge >= 0.3 is 6.18 Å². The predicted molar refractivity (Wildman–Crippen MR) is 82.3 cm³/mol. The van der Waals surface area contributed by atoms with Crippen LogP contribution < -0.4 is 5.32 Å². The van der Waals surface area contributed by atoms with E-state index in [0.29, 0.717) is 5.69 Å². The van der Waals surface area contributed by atoms with E-state index in [1.807, 2.05) is 36.0 Å². The second kappa shape index (κ2) is 5.46. The number of anilines is 1. The van der Waals surface area contributed by atoms with Crippen molar-refractivity contribution < 1.29 is 18.0 Å². The van der Waals surface area contributed by atoms with Crippen LogP contribution in [0.25, 0.3) is 10.9 Å². The molecule has 3 aromatic rings. The number of alkyl halides is 3. The molecule has 0 fully saturated rings. The molecule has 0 aliphatic rings. The molecular formula is C17H13F3N2O. The van der Waals surface area contributed by atoms with Gasteiger partial charge in [-0.3, -0.25) is 4.79 Å². The summed E-state index contributed by atoms with van der Waals surface area (Å²) < 4.78 is 39.5. The van der Waals surface area contributed by atoms with Crippen molar-refractivity contribution in [3.8, 4) is 0 Å². The van der Waals surface area contributed by atoms with Crippen LogP contribution >= 0.6 is 0 Å². The molecule has 2 aromatic carbocycles. The Morgan fingerprint density at radius 3 is 2.39 bits per heavy atom. The van der Waals surface area contributed by atoms with Crippen molar-refractivity contribution in [2.75, 3.05) is 5.32 Å². The minimum absolute atomic E-state index is 0.171. The third-order valence-electron chi connectivity index (χ3n) is 3.62. The Balaban J connectivity index is 1.81. The van der Waals surface area contributed by atoms with E-state index in [9.17, 15) is 18.0 Å². The summed E-state index contributed by atoms with van der Waals surface area (Å²) >= 11 is 0. The van der Waals surface area contributed by atoms with Crippen LogP contribution in [0.4, 0.5) is 18.9 Å². The van der Waals surface area contributed by atoms with Crippen LogP contribution in [0.5, 0.6) is 0 Å². The number of amides is 1. The van der Waals surface area contributed by atoms with Crippen molar-refractivity contribution in [1.82, 2.24) is 4.57 Å². The fraction of sp³-hybridized carbons (Fsp3) is 0.118. The van der Waals surface area contributed by atoms with E-state index in [2.05, 4.69) is 5.32 Å². The largest absolute Gasteiger partial charge is 0.416 e. The summed E-state index contributed by atoms with van der Waals surface area (Å²) in [6, 6.07) is 11.5. The highest BCUT2D eigenvalue weighted by atomic mass is 19.4. The number of benzene rings is 2.